The van der Waals surface area contributed by atoms with Gasteiger partial charge in [0, 0.05) is 18.7 Å². The number of anilines is 1. The number of hydrogen-bond donors (Lipinski definition) is 3. The number of benzene rings is 1. The monoisotopic (exact) mass is 545 g/mol. The van der Waals surface area contributed by atoms with Crippen LogP contribution in [-0.4, -0.2) is 59.4 Å². The van der Waals surface area contributed by atoms with Crippen LogP contribution in [0.15, 0.2) is 24.3 Å². The Balaban J connectivity index is 1.36. The first-order chi connectivity index (χ1) is 18.5. The lowest BCUT2D eigenvalue weighted by Gasteiger charge is -2.32. The lowest BCUT2D eigenvalue weighted by Crippen LogP contribution is -2.57. The molecule has 3 N–H and O–H groups in total. The molecule has 2 heterocycles. The van der Waals surface area contributed by atoms with Crippen LogP contribution >= 0.6 is 0 Å². The van der Waals surface area contributed by atoms with Crippen molar-refractivity contribution in [2.75, 3.05) is 11.9 Å². The number of hydrogen-bond acceptors (Lipinski definition) is 5. The maximum Gasteiger partial charge on any atom is 0.471 e. The first-order valence-corrected chi connectivity index (χ1v) is 13.3. The maximum absolute atomic E-state index is 13.8. The van der Waals surface area contributed by atoms with Crippen molar-refractivity contribution in [2.45, 2.75) is 81.1 Å². The van der Waals surface area contributed by atoms with Gasteiger partial charge in [-0.15, -0.1) is 0 Å². The van der Waals surface area contributed by atoms with Crippen LogP contribution < -0.4 is 16.0 Å². The first kappa shape index (κ1) is 27.0. The fourth-order valence-corrected chi connectivity index (χ4v) is 5.90. The third-order valence-electron chi connectivity index (χ3n) is 8.47. The number of carbonyl (C=O) groups is 4. The van der Waals surface area contributed by atoms with Crippen LogP contribution in [0, 0.1) is 23.2 Å². The van der Waals surface area contributed by atoms with Crippen LogP contribution in [-0.2, 0) is 24.6 Å². The molecule has 4 atom stereocenters. The Morgan fingerprint density at radius 3 is 2.36 bits per heavy atom. The minimum atomic E-state index is -5.15. The van der Waals surface area contributed by atoms with Gasteiger partial charge in [0.15, 0.2) is 0 Å². The molecule has 0 radical (unpaired) electrons. The highest BCUT2D eigenvalue weighted by atomic mass is 19.4. The van der Waals surface area contributed by atoms with Crippen molar-refractivity contribution in [3.63, 3.8) is 0 Å². The molecular formula is C27H30F3N5O4. The topological polar surface area (TPSA) is 131 Å². The van der Waals surface area contributed by atoms with Gasteiger partial charge in [-0.25, -0.2) is 0 Å². The van der Waals surface area contributed by atoms with Crippen LogP contribution in [0.5, 0.6) is 0 Å². The molecule has 1 saturated heterocycles. The fraction of sp³-hybridized carbons (Fsp3) is 0.593. The average molecular weight is 546 g/mol. The molecule has 4 aliphatic rings. The summed E-state index contributed by atoms with van der Waals surface area (Å²) >= 11 is 0. The highest BCUT2D eigenvalue weighted by molar-refractivity contribution is 6.07. The molecule has 0 aromatic heterocycles. The van der Waals surface area contributed by atoms with Crippen LogP contribution in [0.2, 0.25) is 0 Å². The molecule has 1 aromatic carbocycles. The molecule has 1 spiro atoms. The Bertz CT molecular complexity index is 1220. The summed E-state index contributed by atoms with van der Waals surface area (Å²) in [6, 6.07) is 5.74. The summed E-state index contributed by atoms with van der Waals surface area (Å²) in [5.74, 6) is -3.76. The van der Waals surface area contributed by atoms with Gasteiger partial charge in [0.25, 0.3) is 0 Å². The number of nitriles is 1. The molecule has 208 valence electrons. The van der Waals surface area contributed by atoms with E-state index in [0.717, 1.165) is 32.1 Å². The Hall–Kier alpha value is -3.62. The van der Waals surface area contributed by atoms with E-state index in [1.807, 2.05) is 5.32 Å². The number of amides is 4. The number of para-hydroxylation sites is 1. The molecule has 12 heteroatoms. The standard InChI is InChI=1S/C27H30F3N5O4/c28-27(29,30)25(39)34-20(10-15-4-3-5-15)22(36)32-21(11-16-8-9-16)23(37)35-14-26(12-17(35)13-31)18-6-1-2-7-19(18)33-24(26)38/h1-2,6-7,15-17,20-21H,3-5,8-12,14H2,(H,32,36)(H,33,38)(H,34,39)/t17-,20-,21-,26-/m0/s1. The minimum Gasteiger partial charge on any atom is -0.343 e. The Morgan fingerprint density at radius 2 is 1.74 bits per heavy atom. The van der Waals surface area contributed by atoms with Crippen molar-refractivity contribution in [3.05, 3.63) is 29.8 Å². The molecule has 4 amide bonds. The number of nitrogens with zero attached hydrogens (tertiary/aromatic N) is 2. The second-order valence-corrected chi connectivity index (χ2v) is 11.2. The Kier molecular flexibility index (Phi) is 7.03. The van der Waals surface area contributed by atoms with Gasteiger partial charge in [0.05, 0.1) is 11.5 Å². The second kappa shape index (κ2) is 10.2. The lowest BCUT2D eigenvalue weighted by molar-refractivity contribution is -0.175. The van der Waals surface area contributed by atoms with Crippen LogP contribution in [0.1, 0.15) is 56.9 Å². The van der Waals surface area contributed by atoms with Gasteiger partial charge in [-0.05, 0) is 36.3 Å². The summed E-state index contributed by atoms with van der Waals surface area (Å²) < 4.78 is 38.9. The summed E-state index contributed by atoms with van der Waals surface area (Å²) in [5, 5.41) is 17.1. The van der Waals surface area contributed by atoms with Gasteiger partial charge in [-0.3, -0.25) is 19.2 Å². The molecular weight excluding hydrogens is 515 g/mol. The van der Waals surface area contributed by atoms with Crippen molar-refractivity contribution in [2.24, 2.45) is 11.8 Å². The van der Waals surface area contributed by atoms with Crippen molar-refractivity contribution < 1.29 is 32.3 Å². The molecule has 2 saturated carbocycles. The number of likely N-dealkylation sites (tertiary alicyclic amines) is 1. The van der Waals surface area contributed by atoms with E-state index < -0.39 is 47.4 Å². The lowest BCUT2D eigenvalue weighted by atomic mass is 9.80. The van der Waals surface area contributed by atoms with Gasteiger partial charge in [0.1, 0.15) is 18.1 Å². The molecule has 0 bridgehead atoms. The van der Waals surface area contributed by atoms with E-state index in [4.69, 9.17) is 0 Å². The predicted octanol–water partition coefficient (Wildman–Crippen LogP) is 2.52. The third kappa shape index (κ3) is 5.31. The highest BCUT2D eigenvalue weighted by Crippen LogP contribution is 2.46. The number of alkyl halides is 3. The molecule has 0 unspecified atom stereocenters. The van der Waals surface area contributed by atoms with E-state index in [1.54, 1.807) is 24.3 Å². The first-order valence-electron chi connectivity index (χ1n) is 13.3. The molecule has 3 fully saturated rings. The normalized spacial score (nSPS) is 25.7. The number of halogens is 3. The average Bonchev–Trinajstić information content (AvgIpc) is 3.53. The van der Waals surface area contributed by atoms with Gasteiger partial charge in [-0.1, -0.05) is 50.3 Å². The summed E-state index contributed by atoms with van der Waals surface area (Å²) in [6.45, 7) is -0.0553. The van der Waals surface area contributed by atoms with E-state index in [-0.39, 0.29) is 43.6 Å². The van der Waals surface area contributed by atoms with E-state index in [1.165, 1.54) is 4.90 Å². The van der Waals surface area contributed by atoms with E-state index in [0.29, 0.717) is 11.3 Å². The van der Waals surface area contributed by atoms with Crippen molar-refractivity contribution in [1.29, 1.82) is 5.26 Å². The largest absolute Gasteiger partial charge is 0.471 e. The zero-order valence-electron chi connectivity index (χ0n) is 21.2. The highest BCUT2D eigenvalue weighted by Gasteiger charge is 2.56. The fourth-order valence-electron chi connectivity index (χ4n) is 5.90. The van der Waals surface area contributed by atoms with Gasteiger partial charge in [0.2, 0.25) is 17.7 Å². The summed E-state index contributed by atoms with van der Waals surface area (Å²) in [7, 11) is 0. The van der Waals surface area contributed by atoms with E-state index in [2.05, 4.69) is 16.7 Å². The summed E-state index contributed by atoms with van der Waals surface area (Å²) in [6.07, 6.45) is -0.663. The minimum absolute atomic E-state index is 0.00854. The quantitative estimate of drug-likeness (QED) is 0.462. The van der Waals surface area contributed by atoms with Crippen LogP contribution in [0.25, 0.3) is 0 Å². The van der Waals surface area contributed by atoms with Crippen LogP contribution in [0.3, 0.4) is 0 Å². The van der Waals surface area contributed by atoms with Gasteiger partial charge in [-0.2, -0.15) is 18.4 Å². The molecule has 2 aliphatic heterocycles. The predicted molar refractivity (Wildman–Crippen MR) is 132 cm³/mol. The molecule has 2 aliphatic carbocycles. The summed E-state index contributed by atoms with van der Waals surface area (Å²) in [5.41, 5.74) is 0.216. The van der Waals surface area contributed by atoms with Crippen LogP contribution in [0.4, 0.5) is 18.9 Å². The zero-order chi connectivity index (χ0) is 27.9. The smallest absolute Gasteiger partial charge is 0.343 e. The number of nitrogens with one attached hydrogen (secondary N) is 3. The second-order valence-electron chi connectivity index (χ2n) is 11.2. The molecule has 9 nitrogen and oxygen atoms in total. The van der Waals surface area contributed by atoms with E-state index >= 15 is 0 Å². The summed E-state index contributed by atoms with van der Waals surface area (Å²) in [4.78, 5) is 53.1. The van der Waals surface area contributed by atoms with Crippen molar-refractivity contribution in [1.82, 2.24) is 15.5 Å². The zero-order valence-corrected chi connectivity index (χ0v) is 21.2. The number of carbonyl (C=O) groups excluding carboxylic acids is 4. The Morgan fingerprint density at radius 1 is 1.08 bits per heavy atom. The Labute approximate surface area is 223 Å². The third-order valence-corrected chi connectivity index (χ3v) is 8.47. The molecule has 5 rings (SSSR count). The maximum atomic E-state index is 13.8. The number of fused-ring (bicyclic) bond motifs is 2. The van der Waals surface area contributed by atoms with Crippen molar-refractivity contribution in [3.8, 4) is 6.07 Å². The van der Waals surface area contributed by atoms with Gasteiger partial charge >= 0.3 is 12.1 Å². The van der Waals surface area contributed by atoms with Crippen molar-refractivity contribution >= 4 is 29.3 Å². The molecule has 39 heavy (non-hydrogen) atoms. The van der Waals surface area contributed by atoms with Gasteiger partial charge < -0.3 is 20.9 Å². The number of rotatable bonds is 8. The SMILES string of the molecule is N#C[C@@H]1C[C@@]2(CN1C(=O)[C@H](CC1CC1)NC(=O)[C@H](CC1CCC1)NC(=O)C(F)(F)F)C(=O)Nc1ccccc12. The molecule has 1 aromatic rings. The van der Waals surface area contributed by atoms with E-state index in [9.17, 15) is 37.6 Å².